The number of hydrogen-bond acceptors (Lipinski definition) is 3. The average molecular weight is 298 g/mol. The SMILES string of the molecule is CC(C)n1nc(CNC2CCCCC2)c(-c2ccccc2)n1. The highest BCUT2D eigenvalue weighted by Crippen LogP contribution is 2.22. The molecule has 4 nitrogen and oxygen atoms in total. The summed E-state index contributed by atoms with van der Waals surface area (Å²) in [7, 11) is 0. The van der Waals surface area contributed by atoms with Gasteiger partial charge in [-0.2, -0.15) is 15.0 Å². The molecular formula is C18H26N4. The lowest BCUT2D eigenvalue weighted by molar-refractivity contribution is 0.369. The monoisotopic (exact) mass is 298 g/mol. The van der Waals surface area contributed by atoms with Crippen LogP contribution in [0, 0.1) is 0 Å². The lowest BCUT2D eigenvalue weighted by Gasteiger charge is -2.22. The van der Waals surface area contributed by atoms with Gasteiger partial charge in [-0.15, -0.1) is 0 Å². The molecule has 118 valence electrons. The Kier molecular flexibility index (Phi) is 4.88. The lowest BCUT2D eigenvalue weighted by Crippen LogP contribution is -2.30. The van der Waals surface area contributed by atoms with E-state index in [0.29, 0.717) is 6.04 Å². The first kappa shape index (κ1) is 15.2. The number of benzene rings is 1. The minimum absolute atomic E-state index is 0.283. The first-order valence-electron chi connectivity index (χ1n) is 8.48. The predicted octanol–water partition coefficient (Wildman–Crippen LogP) is 3.95. The summed E-state index contributed by atoms with van der Waals surface area (Å²) in [4.78, 5) is 1.83. The van der Waals surface area contributed by atoms with Gasteiger partial charge in [-0.05, 0) is 26.7 Å². The summed E-state index contributed by atoms with van der Waals surface area (Å²) in [6.07, 6.45) is 6.67. The van der Waals surface area contributed by atoms with Crippen LogP contribution in [0.4, 0.5) is 0 Å². The second-order valence-corrected chi connectivity index (χ2v) is 6.49. The van der Waals surface area contributed by atoms with Crippen molar-refractivity contribution in [2.75, 3.05) is 0 Å². The van der Waals surface area contributed by atoms with Gasteiger partial charge in [-0.3, -0.25) is 0 Å². The summed E-state index contributed by atoms with van der Waals surface area (Å²) in [5.74, 6) is 0. The van der Waals surface area contributed by atoms with E-state index in [0.717, 1.165) is 23.5 Å². The Morgan fingerprint density at radius 1 is 1.09 bits per heavy atom. The molecule has 1 aliphatic carbocycles. The molecule has 1 fully saturated rings. The van der Waals surface area contributed by atoms with Crippen molar-refractivity contribution >= 4 is 0 Å². The maximum Gasteiger partial charge on any atom is 0.117 e. The summed E-state index contributed by atoms with van der Waals surface area (Å²) in [5, 5.41) is 13.1. The Morgan fingerprint density at radius 3 is 2.50 bits per heavy atom. The third-order valence-corrected chi connectivity index (χ3v) is 4.37. The Hall–Kier alpha value is -1.68. The van der Waals surface area contributed by atoms with Gasteiger partial charge in [0.25, 0.3) is 0 Å². The molecule has 22 heavy (non-hydrogen) atoms. The van der Waals surface area contributed by atoms with Gasteiger partial charge in [-0.1, -0.05) is 49.6 Å². The van der Waals surface area contributed by atoms with E-state index < -0.39 is 0 Å². The first-order chi connectivity index (χ1) is 10.7. The summed E-state index contributed by atoms with van der Waals surface area (Å²) < 4.78 is 0. The van der Waals surface area contributed by atoms with Gasteiger partial charge >= 0.3 is 0 Å². The molecule has 1 aliphatic rings. The summed E-state index contributed by atoms with van der Waals surface area (Å²) >= 11 is 0. The second kappa shape index (κ2) is 7.05. The first-order valence-corrected chi connectivity index (χ1v) is 8.48. The summed E-state index contributed by atoms with van der Waals surface area (Å²) in [6.45, 7) is 5.04. The Labute approximate surface area is 132 Å². The molecule has 0 amide bonds. The number of aromatic nitrogens is 3. The fourth-order valence-electron chi connectivity index (χ4n) is 3.07. The van der Waals surface area contributed by atoms with E-state index in [2.05, 4.69) is 43.4 Å². The number of nitrogens with one attached hydrogen (secondary N) is 1. The van der Waals surface area contributed by atoms with Crippen molar-refractivity contribution < 1.29 is 0 Å². The van der Waals surface area contributed by atoms with Crippen LogP contribution >= 0.6 is 0 Å². The van der Waals surface area contributed by atoms with Crippen LogP contribution in [0.2, 0.25) is 0 Å². The molecule has 1 N–H and O–H groups in total. The third kappa shape index (κ3) is 3.55. The summed E-state index contributed by atoms with van der Waals surface area (Å²) in [5.41, 5.74) is 3.22. The normalized spacial score (nSPS) is 16.3. The van der Waals surface area contributed by atoms with E-state index in [-0.39, 0.29) is 6.04 Å². The van der Waals surface area contributed by atoms with Gasteiger partial charge in [0.15, 0.2) is 0 Å². The largest absolute Gasteiger partial charge is 0.308 e. The van der Waals surface area contributed by atoms with Crippen LogP contribution in [-0.2, 0) is 6.54 Å². The van der Waals surface area contributed by atoms with Gasteiger partial charge in [0.2, 0.25) is 0 Å². The smallest absolute Gasteiger partial charge is 0.117 e. The van der Waals surface area contributed by atoms with Crippen molar-refractivity contribution in [3.63, 3.8) is 0 Å². The molecule has 0 saturated heterocycles. The molecule has 0 spiro atoms. The molecule has 0 bridgehead atoms. The van der Waals surface area contributed by atoms with Crippen molar-refractivity contribution in [3.05, 3.63) is 36.0 Å². The maximum absolute atomic E-state index is 4.71. The van der Waals surface area contributed by atoms with E-state index in [9.17, 15) is 0 Å². The summed E-state index contributed by atoms with van der Waals surface area (Å²) in [6, 6.07) is 11.3. The predicted molar refractivity (Wildman–Crippen MR) is 89.6 cm³/mol. The van der Waals surface area contributed by atoms with Crippen LogP contribution < -0.4 is 5.32 Å². The Bertz CT molecular complexity index is 582. The van der Waals surface area contributed by atoms with Crippen molar-refractivity contribution in [3.8, 4) is 11.3 Å². The molecular weight excluding hydrogens is 272 g/mol. The molecule has 1 heterocycles. The highest BCUT2D eigenvalue weighted by Gasteiger charge is 2.17. The van der Waals surface area contributed by atoms with Gasteiger partial charge in [0.05, 0.1) is 6.04 Å². The average Bonchev–Trinajstić information content (AvgIpc) is 2.99. The molecule has 1 saturated carbocycles. The molecule has 4 heteroatoms. The van der Waals surface area contributed by atoms with Gasteiger partial charge in [-0.25, -0.2) is 0 Å². The second-order valence-electron chi connectivity index (χ2n) is 6.49. The molecule has 3 rings (SSSR count). The van der Waals surface area contributed by atoms with E-state index >= 15 is 0 Å². The zero-order chi connectivity index (χ0) is 15.4. The third-order valence-electron chi connectivity index (χ3n) is 4.37. The molecule has 1 aromatic carbocycles. The highest BCUT2D eigenvalue weighted by molar-refractivity contribution is 5.60. The minimum atomic E-state index is 0.283. The van der Waals surface area contributed by atoms with E-state index in [1.165, 1.54) is 32.1 Å². The Morgan fingerprint density at radius 2 is 1.82 bits per heavy atom. The molecule has 0 aliphatic heterocycles. The number of rotatable bonds is 5. The zero-order valence-electron chi connectivity index (χ0n) is 13.6. The molecule has 2 aromatic rings. The fraction of sp³-hybridized carbons (Fsp3) is 0.556. The van der Waals surface area contributed by atoms with Crippen LogP contribution in [0.25, 0.3) is 11.3 Å². The molecule has 1 aromatic heterocycles. The van der Waals surface area contributed by atoms with Gasteiger partial charge < -0.3 is 5.32 Å². The van der Waals surface area contributed by atoms with Crippen LogP contribution in [-0.4, -0.2) is 21.0 Å². The minimum Gasteiger partial charge on any atom is -0.308 e. The lowest BCUT2D eigenvalue weighted by atomic mass is 9.95. The highest BCUT2D eigenvalue weighted by atomic mass is 15.5. The van der Waals surface area contributed by atoms with Gasteiger partial charge in [0.1, 0.15) is 11.4 Å². The van der Waals surface area contributed by atoms with Crippen molar-refractivity contribution in [1.82, 2.24) is 20.3 Å². The van der Waals surface area contributed by atoms with Crippen LogP contribution in [0.5, 0.6) is 0 Å². The van der Waals surface area contributed by atoms with Crippen LogP contribution in [0.15, 0.2) is 30.3 Å². The van der Waals surface area contributed by atoms with Crippen molar-refractivity contribution in [2.45, 2.75) is 64.6 Å². The standard InChI is InChI=1S/C18H26N4/c1-14(2)22-20-17(13-19-16-11-7-4-8-12-16)18(21-22)15-9-5-3-6-10-15/h3,5-6,9-10,14,16,19H,4,7-8,11-13H2,1-2H3. The van der Waals surface area contributed by atoms with Crippen molar-refractivity contribution in [2.24, 2.45) is 0 Å². The molecule has 0 unspecified atom stereocenters. The topological polar surface area (TPSA) is 42.7 Å². The zero-order valence-corrected chi connectivity index (χ0v) is 13.6. The van der Waals surface area contributed by atoms with Crippen molar-refractivity contribution in [1.29, 1.82) is 0 Å². The van der Waals surface area contributed by atoms with E-state index in [4.69, 9.17) is 10.2 Å². The number of nitrogens with zero attached hydrogens (tertiary/aromatic N) is 3. The quantitative estimate of drug-likeness (QED) is 0.909. The van der Waals surface area contributed by atoms with Crippen LogP contribution in [0.3, 0.4) is 0 Å². The molecule has 0 radical (unpaired) electrons. The Balaban J connectivity index is 1.79. The van der Waals surface area contributed by atoms with E-state index in [1.54, 1.807) is 0 Å². The van der Waals surface area contributed by atoms with E-state index in [1.807, 2.05) is 10.9 Å². The van der Waals surface area contributed by atoms with Crippen LogP contribution in [0.1, 0.15) is 57.7 Å². The van der Waals surface area contributed by atoms with Gasteiger partial charge in [0, 0.05) is 18.2 Å². The fourth-order valence-corrected chi connectivity index (χ4v) is 3.07. The number of hydrogen-bond donors (Lipinski definition) is 1. The molecule has 0 atom stereocenters. The maximum atomic E-state index is 4.71.